The third-order valence-corrected chi connectivity index (χ3v) is 7.71. The monoisotopic (exact) mass is 481 g/mol. The van der Waals surface area contributed by atoms with Gasteiger partial charge in [-0.2, -0.15) is 5.10 Å². The maximum absolute atomic E-state index is 13.6. The van der Waals surface area contributed by atoms with E-state index in [1.165, 1.54) is 0 Å². The number of amides is 2. The Hall–Kier alpha value is -4.20. The van der Waals surface area contributed by atoms with E-state index in [2.05, 4.69) is 15.2 Å². The van der Waals surface area contributed by atoms with Gasteiger partial charge in [-0.05, 0) is 55.0 Å². The molecule has 182 valence electrons. The predicted octanol–water partition coefficient (Wildman–Crippen LogP) is 4.29. The van der Waals surface area contributed by atoms with Crippen molar-refractivity contribution in [3.05, 3.63) is 72.8 Å². The Morgan fingerprint density at radius 1 is 1.00 bits per heavy atom. The largest absolute Gasteiger partial charge is 0.496 e. The number of likely N-dealkylation sites (tertiary alicyclic amines) is 1. The Balaban J connectivity index is 1.16. The van der Waals surface area contributed by atoms with E-state index in [0.717, 1.165) is 34.0 Å². The van der Waals surface area contributed by atoms with Gasteiger partial charge in [0.1, 0.15) is 5.75 Å². The van der Waals surface area contributed by atoms with Gasteiger partial charge in [0.25, 0.3) is 5.91 Å². The van der Waals surface area contributed by atoms with Crippen LogP contribution in [0.15, 0.2) is 67.3 Å². The lowest BCUT2D eigenvalue weighted by molar-refractivity contribution is -0.127. The molecular formula is C28H27N5O3. The van der Waals surface area contributed by atoms with E-state index in [1.54, 1.807) is 25.7 Å². The highest BCUT2D eigenvalue weighted by atomic mass is 16.5. The SMILES string of the molecule is COc1cc(N2CCC3(CCN(C(=O)c4ccc5cnccc5c4)CC3)C2=O)ccc1-c1cn[nH]c1. The lowest BCUT2D eigenvalue weighted by Gasteiger charge is -2.38. The molecule has 36 heavy (non-hydrogen) atoms. The summed E-state index contributed by atoms with van der Waals surface area (Å²) in [5.41, 5.74) is 2.96. The minimum Gasteiger partial charge on any atom is -0.496 e. The summed E-state index contributed by atoms with van der Waals surface area (Å²) in [5.74, 6) is 0.866. The molecule has 2 aromatic carbocycles. The van der Waals surface area contributed by atoms with Gasteiger partial charge >= 0.3 is 0 Å². The number of aromatic amines is 1. The molecule has 2 amide bonds. The second-order valence-electron chi connectivity index (χ2n) is 9.59. The number of anilines is 1. The van der Waals surface area contributed by atoms with Crippen molar-refractivity contribution in [2.45, 2.75) is 19.3 Å². The number of rotatable bonds is 4. The fourth-order valence-electron chi connectivity index (χ4n) is 5.55. The molecular weight excluding hydrogens is 454 g/mol. The van der Waals surface area contributed by atoms with Crippen LogP contribution in [-0.4, -0.2) is 58.6 Å². The number of H-pyrrole nitrogens is 1. The summed E-state index contributed by atoms with van der Waals surface area (Å²) in [6.07, 6.45) is 9.25. The second kappa shape index (κ2) is 8.78. The number of aromatic nitrogens is 3. The Labute approximate surface area is 208 Å². The first-order valence-corrected chi connectivity index (χ1v) is 12.2. The number of nitrogens with one attached hydrogen (secondary N) is 1. The first-order chi connectivity index (χ1) is 17.6. The van der Waals surface area contributed by atoms with Gasteiger partial charge in [0, 0.05) is 72.1 Å². The maximum atomic E-state index is 13.6. The summed E-state index contributed by atoms with van der Waals surface area (Å²) in [4.78, 5) is 34.7. The van der Waals surface area contributed by atoms with Crippen molar-refractivity contribution in [1.82, 2.24) is 20.1 Å². The van der Waals surface area contributed by atoms with Gasteiger partial charge in [0.2, 0.25) is 5.91 Å². The van der Waals surface area contributed by atoms with Crippen LogP contribution in [0.25, 0.3) is 21.9 Å². The molecule has 1 N–H and O–H groups in total. The van der Waals surface area contributed by atoms with Crippen LogP contribution in [0.4, 0.5) is 5.69 Å². The topological polar surface area (TPSA) is 91.4 Å². The molecule has 4 aromatic rings. The zero-order valence-electron chi connectivity index (χ0n) is 20.1. The van der Waals surface area contributed by atoms with E-state index in [0.29, 0.717) is 43.8 Å². The quantitative estimate of drug-likeness (QED) is 0.470. The van der Waals surface area contributed by atoms with Crippen LogP contribution in [0.3, 0.4) is 0 Å². The van der Waals surface area contributed by atoms with Gasteiger partial charge in [-0.15, -0.1) is 0 Å². The molecule has 2 aliphatic heterocycles. The van der Waals surface area contributed by atoms with Crippen molar-refractivity contribution >= 4 is 28.3 Å². The Kier molecular flexibility index (Phi) is 5.44. The van der Waals surface area contributed by atoms with Gasteiger partial charge in [-0.1, -0.05) is 6.07 Å². The van der Waals surface area contributed by atoms with E-state index < -0.39 is 5.41 Å². The number of fused-ring (bicyclic) bond motifs is 1. The van der Waals surface area contributed by atoms with Crippen LogP contribution in [-0.2, 0) is 4.79 Å². The van der Waals surface area contributed by atoms with Crippen molar-refractivity contribution in [1.29, 1.82) is 0 Å². The molecule has 2 aliphatic rings. The zero-order valence-corrected chi connectivity index (χ0v) is 20.1. The molecule has 0 atom stereocenters. The molecule has 0 radical (unpaired) electrons. The molecule has 6 rings (SSSR count). The number of carbonyl (C=O) groups excluding carboxylic acids is 2. The van der Waals surface area contributed by atoms with Gasteiger partial charge < -0.3 is 14.5 Å². The van der Waals surface area contributed by atoms with Gasteiger partial charge in [0.15, 0.2) is 0 Å². The minimum atomic E-state index is -0.414. The standard InChI is InChI=1S/C28H27N5O3/c1-36-25-15-23(4-5-24(25)22-17-30-31-18-22)33-13-9-28(27(33)35)7-11-32(12-8-28)26(34)20-2-3-21-16-29-10-6-19(21)14-20/h2-6,10,14-18H,7-9,11-13H2,1H3,(H,30,31). The zero-order chi connectivity index (χ0) is 24.7. The molecule has 4 heterocycles. The number of benzene rings is 2. The summed E-state index contributed by atoms with van der Waals surface area (Å²) in [7, 11) is 1.63. The molecule has 0 saturated carbocycles. The highest BCUT2D eigenvalue weighted by Gasteiger charge is 2.49. The van der Waals surface area contributed by atoms with Gasteiger partial charge in [-0.25, -0.2) is 0 Å². The van der Waals surface area contributed by atoms with Crippen molar-refractivity contribution < 1.29 is 14.3 Å². The first-order valence-electron chi connectivity index (χ1n) is 12.2. The molecule has 8 nitrogen and oxygen atoms in total. The average molecular weight is 482 g/mol. The second-order valence-corrected chi connectivity index (χ2v) is 9.59. The van der Waals surface area contributed by atoms with Crippen molar-refractivity contribution in [2.24, 2.45) is 5.41 Å². The van der Waals surface area contributed by atoms with E-state index in [1.807, 2.05) is 58.5 Å². The van der Waals surface area contributed by atoms with Crippen LogP contribution >= 0.6 is 0 Å². The van der Waals surface area contributed by atoms with Crippen molar-refractivity contribution in [2.75, 3.05) is 31.6 Å². The molecule has 0 bridgehead atoms. The summed E-state index contributed by atoms with van der Waals surface area (Å²) in [6, 6.07) is 13.5. The number of methoxy groups -OCH3 is 1. The summed E-state index contributed by atoms with van der Waals surface area (Å²) in [5, 5.41) is 8.85. The number of piperidine rings is 1. The van der Waals surface area contributed by atoms with Gasteiger partial charge in [-0.3, -0.25) is 19.7 Å². The number of pyridine rings is 1. The number of hydrogen-bond acceptors (Lipinski definition) is 5. The fourth-order valence-corrected chi connectivity index (χ4v) is 5.55. The van der Waals surface area contributed by atoms with E-state index in [9.17, 15) is 9.59 Å². The van der Waals surface area contributed by atoms with Crippen LogP contribution < -0.4 is 9.64 Å². The smallest absolute Gasteiger partial charge is 0.253 e. The van der Waals surface area contributed by atoms with Crippen LogP contribution in [0.2, 0.25) is 0 Å². The van der Waals surface area contributed by atoms with Crippen LogP contribution in [0.1, 0.15) is 29.6 Å². The van der Waals surface area contributed by atoms with Gasteiger partial charge in [0.05, 0.1) is 18.7 Å². The molecule has 2 aromatic heterocycles. The molecule has 2 saturated heterocycles. The Morgan fingerprint density at radius 3 is 2.61 bits per heavy atom. The average Bonchev–Trinajstić information content (AvgIpc) is 3.57. The molecule has 2 fully saturated rings. The minimum absolute atomic E-state index is 0.0189. The van der Waals surface area contributed by atoms with E-state index in [-0.39, 0.29) is 11.8 Å². The normalized spacial score (nSPS) is 17.2. The lowest BCUT2D eigenvalue weighted by atomic mass is 9.77. The Morgan fingerprint density at radius 2 is 1.83 bits per heavy atom. The number of nitrogens with zero attached hydrogens (tertiary/aromatic N) is 4. The summed E-state index contributed by atoms with van der Waals surface area (Å²) < 4.78 is 5.62. The summed E-state index contributed by atoms with van der Waals surface area (Å²) >= 11 is 0. The van der Waals surface area contributed by atoms with E-state index >= 15 is 0 Å². The highest BCUT2D eigenvalue weighted by molar-refractivity contribution is 6.01. The number of carbonyl (C=O) groups is 2. The maximum Gasteiger partial charge on any atom is 0.253 e. The van der Waals surface area contributed by atoms with E-state index in [4.69, 9.17) is 4.74 Å². The highest BCUT2D eigenvalue weighted by Crippen LogP contribution is 2.44. The van der Waals surface area contributed by atoms with Crippen LogP contribution in [0, 0.1) is 5.41 Å². The number of hydrogen-bond donors (Lipinski definition) is 1. The van der Waals surface area contributed by atoms with Crippen molar-refractivity contribution in [3.8, 4) is 16.9 Å². The first kappa shape index (κ1) is 22.3. The molecule has 0 aliphatic carbocycles. The molecule has 8 heteroatoms. The third kappa shape index (κ3) is 3.69. The Bertz CT molecular complexity index is 1440. The predicted molar refractivity (Wildman–Crippen MR) is 137 cm³/mol. The van der Waals surface area contributed by atoms with Crippen molar-refractivity contribution in [3.63, 3.8) is 0 Å². The third-order valence-electron chi connectivity index (χ3n) is 7.71. The number of ether oxygens (including phenoxy) is 1. The van der Waals surface area contributed by atoms with Crippen LogP contribution in [0.5, 0.6) is 5.75 Å². The molecule has 1 spiro atoms. The molecule has 0 unspecified atom stereocenters. The summed E-state index contributed by atoms with van der Waals surface area (Å²) in [6.45, 7) is 1.82. The lowest BCUT2D eigenvalue weighted by Crippen LogP contribution is -2.46. The fraction of sp³-hybridized carbons (Fsp3) is 0.286.